The molecular formula is C9H17BrN2O2. The number of primary amides is 1. The molecule has 0 saturated heterocycles. The summed E-state index contributed by atoms with van der Waals surface area (Å²) in [6.07, 6.45) is 0. The predicted molar refractivity (Wildman–Crippen MR) is 59.0 cm³/mol. The molecule has 0 bridgehead atoms. The number of hydrogen-bond acceptors (Lipinski definition) is 2. The number of carbonyl (C=O) groups is 2. The van der Waals surface area contributed by atoms with Crippen LogP contribution < -0.4 is 11.1 Å². The van der Waals surface area contributed by atoms with Gasteiger partial charge in [-0.25, -0.2) is 0 Å². The van der Waals surface area contributed by atoms with Crippen LogP contribution in [0.25, 0.3) is 0 Å². The first-order chi connectivity index (χ1) is 6.18. The van der Waals surface area contributed by atoms with E-state index in [0.29, 0.717) is 0 Å². The molecule has 3 N–H and O–H groups in total. The van der Waals surface area contributed by atoms with Crippen LogP contribution in [0.5, 0.6) is 0 Å². The van der Waals surface area contributed by atoms with Gasteiger partial charge >= 0.3 is 0 Å². The molecule has 82 valence electrons. The van der Waals surface area contributed by atoms with Crippen LogP contribution in [0.1, 0.15) is 27.7 Å². The molecule has 1 atom stereocenters. The Morgan fingerprint density at radius 1 is 1.36 bits per heavy atom. The van der Waals surface area contributed by atoms with Crippen molar-refractivity contribution in [3.05, 3.63) is 0 Å². The molecule has 14 heavy (non-hydrogen) atoms. The van der Waals surface area contributed by atoms with Gasteiger partial charge in [0.05, 0.1) is 4.83 Å². The fraction of sp³-hybridized carbons (Fsp3) is 0.778. The highest BCUT2D eigenvalue weighted by atomic mass is 79.9. The molecule has 0 rings (SSSR count). The quantitative estimate of drug-likeness (QED) is 0.737. The third kappa shape index (κ3) is 3.65. The van der Waals surface area contributed by atoms with E-state index >= 15 is 0 Å². The Morgan fingerprint density at radius 3 is 2.07 bits per heavy atom. The Morgan fingerprint density at radius 2 is 1.79 bits per heavy atom. The Bertz CT molecular complexity index is 239. The van der Waals surface area contributed by atoms with Gasteiger partial charge < -0.3 is 11.1 Å². The lowest BCUT2D eigenvalue weighted by molar-refractivity contribution is -0.130. The van der Waals surface area contributed by atoms with Crippen LogP contribution in [0.2, 0.25) is 0 Å². The Kier molecular flexibility index (Phi) is 4.58. The second-order valence-electron chi connectivity index (χ2n) is 4.12. The van der Waals surface area contributed by atoms with Gasteiger partial charge in [-0.15, -0.1) is 0 Å². The molecule has 4 nitrogen and oxygen atoms in total. The molecule has 0 heterocycles. The SMILES string of the molecule is CC(C)C(Br)C(=O)NC(C)(C)C(N)=O. The fourth-order valence-corrected chi connectivity index (χ4v) is 0.856. The molecule has 0 radical (unpaired) electrons. The molecule has 0 fully saturated rings. The van der Waals surface area contributed by atoms with E-state index in [0.717, 1.165) is 0 Å². The van der Waals surface area contributed by atoms with Gasteiger partial charge in [0.25, 0.3) is 0 Å². The van der Waals surface area contributed by atoms with Crippen molar-refractivity contribution in [3.8, 4) is 0 Å². The average molecular weight is 265 g/mol. The fourth-order valence-electron chi connectivity index (χ4n) is 0.741. The van der Waals surface area contributed by atoms with Gasteiger partial charge in [-0.1, -0.05) is 29.8 Å². The number of hydrogen-bond donors (Lipinski definition) is 2. The number of rotatable bonds is 4. The predicted octanol–water partition coefficient (Wildman–Crippen LogP) is 0.786. The minimum Gasteiger partial charge on any atom is -0.368 e. The molecule has 0 aliphatic rings. The maximum atomic E-state index is 11.5. The van der Waals surface area contributed by atoms with Crippen LogP contribution >= 0.6 is 15.9 Å². The van der Waals surface area contributed by atoms with Crippen molar-refractivity contribution in [1.29, 1.82) is 0 Å². The largest absolute Gasteiger partial charge is 0.368 e. The number of carbonyl (C=O) groups excluding carboxylic acids is 2. The molecule has 1 unspecified atom stereocenters. The number of nitrogens with one attached hydrogen (secondary N) is 1. The van der Waals surface area contributed by atoms with E-state index in [9.17, 15) is 9.59 Å². The second kappa shape index (κ2) is 4.77. The van der Waals surface area contributed by atoms with Gasteiger partial charge in [0.15, 0.2) is 0 Å². The van der Waals surface area contributed by atoms with Gasteiger partial charge in [-0.3, -0.25) is 9.59 Å². The minimum absolute atomic E-state index is 0.165. The lowest BCUT2D eigenvalue weighted by Gasteiger charge is -2.24. The highest BCUT2D eigenvalue weighted by Gasteiger charge is 2.30. The first-order valence-electron chi connectivity index (χ1n) is 4.44. The van der Waals surface area contributed by atoms with Crippen molar-refractivity contribution >= 4 is 27.7 Å². The van der Waals surface area contributed by atoms with Crippen LogP contribution in [0, 0.1) is 5.92 Å². The van der Waals surface area contributed by atoms with E-state index in [1.807, 2.05) is 13.8 Å². The Balaban J connectivity index is 4.40. The van der Waals surface area contributed by atoms with E-state index in [1.165, 1.54) is 0 Å². The van der Waals surface area contributed by atoms with Gasteiger partial charge in [-0.05, 0) is 19.8 Å². The first kappa shape index (κ1) is 13.4. The van der Waals surface area contributed by atoms with E-state index in [2.05, 4.69) is 21.2 Å². The summed E-state index contributed by atoms with van der Waals surface area (Å²) in [4.78, 5) is 22.2. The third-order valence-electron chi connectivity index (χ3n) is 1.89. The molecule has 0 aromatic carbocycles. The summed E-state index contributed by atoms with van der Waals surface area (Å²) < 4.78 is 0. The minimum atomic E-state index is -1.00. The maximum absolute atomic E-state index is 11.5. The lowest BCUT2D eigenvalue weighted by atomic mass is 10.0. The van der Waals surface area contributed by atoms with E-state index in [-0.39, 0.29) is 16.7 Å². The van der Waals surface area contributed by atoms with Crippen LogP contribution in [-0.4, -0.2) is 22.2 Å². The molecule has 0 spiro atoms. The third-order valence-corrected chi connectivity index (χ3v) is 3.36. The normalized spacial score (nSPS) is 13.9. The Labute approximate surface area is 92.7 Å². The monoisotopic (exact) mass is 264 g/mol. The van der Waals surface area contributed by atoms with Crippen LogP contribution in [0.3, 0.4) is 0 Å². The zero-order chi connectivity index (χ0) is 11.5. The highest BCUT2D eigenvalue weighted by molar-refractivity contribution is 9.10. The second-order valence-corrected chi connectivity index (χ2v) is 5.11. The van der Waals surface area contributed by atoms with Crippen molar-refractivity contribution in [1.82, 2.24) is 5.32 Å². The highest BCUT2D eigenvalue weighted by Crippen LogP contribution is 2.13. The number of nitrogens with two attached hydrogens (primary N) is 1. The van der Waals surface area contributed by atoms with Crippen molar-refractivity contribution in [2.45, 2.75) is 38.1 Å². The van der Waals surface area contributed by atoms with Crippen molar-refractivity contribution in [2.24, 2.45) is 11.7 Å². The van der Waals surface area contributed by atoms with Gasteiger partial charge in [-0.2, -0.15) is 0 Å². The molecular weight excluding hydrogens is 248 g/mol. The summed E-state index contributed by atoms with van der Waals surface area (Å²) in [6, 6.07) is 0. The Hall–Kier alpha value is -0.580. The first-order valence-corrected chi connectivity index (χ1v) is 5.36. The summed E-state index contributed by atoms with van der Waals surface area (Å²) >= 11 is 3.25. The van der Waals surface area contributed by atoms with Gasteiger partial charge in [0.2, 0.25) is 11.8 Å². The summed E-state index contributed by atoms with van der Waals surface area (Å²) in [5, 5.41) is 2.58. The lowest BCUT2D eigenvalue weighted by Crippen LogP contribution is -2.55. The zero-order valence-corrected chi connectivity index (χ0v) is 10.5. The maximum Gasteiger partial charge on any atom is 0.242 e. The zero-order valence-electron chi connectivity index (χ0n) is 8.93. The van der Waals surface area contributed by atoms with E-state index in [1.54, 1.807) is 13.8 Å². The number of amides is 2. The van der Waals surface area contributed by atoms with E-state index < -0.39 is 11.4 Å². The van der Waals surface area contributed by atoms with Crippen LogP contribution in [-0.2, 0) is 9.59 Å². The molecule has 5 heteroatoms. The molecule has 0 aromatic heterocycles. The molecule has 0 aliphatic carbocycles. The summed E-state index contributed by atoms with van der Waals surface area (Å²) in [5.74, 6) is -0.600. The molecule has 0 aromatic rings. The molecule has 2 amide bonds. The molecule has 0 saturated carbocycles. The van der Waals surface area contributed by atoms with Crippen LogP contribution in [0.15, 0.2) is 0 Å². The summed E-state index contributed by atoms with van der Waals surface area (Å²) in [5.41, 5.74) is 4.12. The van der Waals surface area contributed by atoms with Gasteiger partial charge in [0.1, 0.15) is 5.54 Å². The van der Waals surface area contributed by atoms with Crippen molar-refractivity contribution < 1.29 is 9.59 Å². The van der Waals surface area contributed by atoms with Gasteiger partial charge in [0, 0.05) is 0 Å². The smallest absolute Gasteiger partial charge is 0.242 e. The van der Waals surface area contributed by atoms with E-state index in [4.69, 9.17) is 5.73 Å². The molecule has 0 aliphatic heterocycles. The summed E-state index contributed by atoms with van der Waals surface area (Å²) in [7, 11) is 0. The van der Waals surface area contributed by atoms with Crippen molar-refractivity contribution in [2.75, 3.05) is 0 Å². The summed E-state index contributed by atoms with van der Waals surface area (Å²) in [6.45, 7) is 6.98. The standard InChI is InChI=1S/C9H17BrN2O2/c1-5(2)6(10)7(13)12-9(3,4)8(11)14/h5-6H,1-4H3,(H2,11,14)(H,12,13). The number of alkyl halides is 1. The average Bonchev–Trinajstić information content (AvgIpc) is 2.01. The van der Waals surface area contributed by atoms with Crippen molar-refractivity contribution in [3.63, 3.8) is 0 Å². The topological polar surface area (TPSA) is 72.2 Å². The number of halogens is 1. The van der Waals surface area contributed by atoms with Crippen LogP contribution in [0.4, 0.5) is 0 Å².